The second-order valence-electron chi connectivity index (χ2n) is 8.32. The predicted octanol–water partition coefficient (Wildman–Crippen LogP) is 2.41. The van der Waals surface area contributed by atoms with Gasteiger partial charge in [-0.1, -0.05) is 30.7 Å². The van der Waals surface area contributed by atoms with Crippen LogP contribution in [0.5, 0.6) is 0 Å². The number of piperazine rings is 1. The van der Waals surface area contributed by atoms with E-state index in [9.17, 15) is 18.0 Å². The van der Waals surface area contributed by atoms with Gasteiger partial charge in [-0.3, -0.25) is 9.69 Å². The average Bonchev–Trinajstić information content (AvgIpc) is 2.77. The maximum atomic E-state index is 12.4. The quantitative estimate of drug-likeness (QED) is 0.510. The molecule has 10 heteroatoms. The summed E-state index contributed by atoms with van der Waals surface area (Å²) in [5, 5.41) is 5.50. The molecule has 1 amide bonds. The molecule has 0 aromatic heterocycles. The highest BCUT2D eigenvalue weighted by atomic mass is 19.4. The molecule has 0 unspecified atom stereocenters. The number of nitrogens with two attached hydrogens (primary N) is 1. The van der Waals surface area contributed by atoms with Gasteiger partial charge in [0.05, 0.1) is 18.8 Å². The van der Waals surface area contributed by atoms with Gasteiger partial charge >= 0.3 is 6.18 Å². The molecule has 7 nitrogen and oxygen atoms in total. The van der Waals surface area contributed by atoms with Crippen LogP contribution in [0.3, 0.4) is 0 Å². The first kappa shape index (κ1) is 24.9. The molecule has 33 heavy (non-hydrogen) atoms. The molecule has 2 saturated heterocycles. The molecule has 1 aromatic rings. The number of nitrogens with one attached hydrogen (secondary N) is 2. The number of likely N-dealkylation sites (tertiary alicyclic amines) is 1. The molecule has 0 spiro atoms. The van der Waals surface area contributed by atoms with E-state index in [1.165, 1.54) is 30.9 Å². The lowest BCUT2D eigenvalue weighted by Gasteiger charge is -2.34. The van der Waals surface area contributed by atoms with Crippen LogP contribution in [0.2, 0.25) is 0 Å². The molecule has 2 heterocycles. The summed E-state index contributed by atoms with van der Waals surface area (Å²) in [4.78, 5) is 16.6. The Hall–Kier alpha value is -2.72. The Kier molecular flexibility index (Phi) is 8.62. The molecule has 0 bridgehead atoms. The third-order valence-electron chi connectivity index (χ3n) is 5.61. The standard InChI is InChI=1S/C23H32F3N5O2/c1-28-22(27)21-19(8-11-33-16-23(24,25)26)31(15-20(32)29-21)14-18-7-5-6-17(12-18)13-30-9-3-2-4-10-30/h5-8,12,28H,2-4,9-11,13-16,27H2,1H3,(H,29,32)/b19-8+,22-21+. The first-order valence-electron chi connectivity index (χ1n) is 11.1. The van der Waals surface area contributed by atoms with Gasteiger partial charge in [-0.05, 0) is 43.1 Å². The first-order valence-corrected chi connectivity index (χ1v) is 11.1. The summed E-state index contributed by atoms with van der Waals surface area (Å²) in [5.41, 5.74) is 9.06. The number of benzene rings is 1. The van der Waals surface area contributed by atoms with Gasteiger partial charge in [-0.15, -0.1) is 0 Å². The molecule has 182 valence electrons. The summed E-state index contributed by atoms with van der Waals surface area (Å²) in [5.74, 6) is -0.0324. The number of hydrogen-bond acceptors (Lipinski definition) is 6. The van der Waals surface area contributed by atoms with Crippen LogP contribution >= 0.6 is 0 Å². The molecule has 2 aliphatic rings. The van der Waals surface area contributed by atoms with Crippen LogP contribution in [0.15, 0.2) is 47.6 Å². The Morgan fingerprint density at radius 2 is 1.91 bits per heavy atom. The molecule has 4 N–H and O–H groups in total. The normalized spacial score (nSPS) is 20.7. The monoisotopic (exact) mass is 467 g/mol. The average molecular weight is 468 g/mol. The van der Waals surface area contributed by atoms with Crippen LogP contribution in [0.1, 0.15) is 30.4 Å². The maximum Gasteiger partial charge on any atom is 0.411 e. The minimum Gasteiger partial charge on any atom is -0.384 e. The van der Waals surface area contributed by atoms with Crippen molar-refractivity contribution in [3.05, 3.63) is 58.7 Å². The Bertz CT molecular complexity index is 879. The van der Waals surface area contributed by atoms with Crippen LogP contribution in [0, 0.1) is 0 Å². The number of halogens is 3. The largest absolute Gasteiger partial charge is 0.411 e. The van der Waals surface area contributed by atoms with Crippen LogP contribution in [0.25, 0.3) is 0 Å². The number of nitrogens with zero attached hydrogens (tertiary/aromatic N) is 2. The van der Waals surface area contributed by atoms with E-state index in [0.717, 1.165) is 25.2 Å². The lowest BCUT2D eigenvalue weighted by molar-refractivity contribution is -0.171. The molecule has 2 aliphatic heterocycles. The van der Waals surface area contributed by atoms with Gasteiger partial charge in [0.1, 0.15) is 18.1 Å². The number of ether oxygens (including phenoxy) is 1. The molecular weight excluding hydrogens is 435 g/mol. The van der Waals surface area contributed by atoms with Crippen molar-refractivity contribution in [2.75, 3.05) is 39.9 Å². The fraction of sp³-hybridized carbons (Fsp3) is 0.522. The van der Waals surface area contributed by atoms with Gasteiger partial charge in [0.2, 0.25) is 5.91 Å². The van der Waals surface area contributed by atoms with Crippen molar-refractivity contribution < 1.29 is 22.7 Å². The van der Waals surface area contributed by atoms with Crippen LogP contribution in [-0.4, -0.2) is 61.8 Å². The fourth-order valence-corrected chi connectivity index (χ4v) is 4.10. The van der Waals surface area contributed by atoms with Crippen molar-refractivity contribution >= 4 is 5.91 Å². The highest BCUT2D eigenvalue weighted by molar-refractivity contribution is 5.83. The Morgan fingerprint density at radius 1 is 1.21 bits per heavy atom. The summed E-state index contributed by atoms with van der Waals surface area (Å²) in [6.07, 6.45) is 0.823. The zero-order valence-electron chi connectivity index (χ0n) is 18.9. The number of carbonyl (C=O) groups is 1. The fourth-order valence-electron chi connectivity index (χ4n) is 4.10. The third kappa shape index (κ3) is 7.68. The highest BCUT2D eigenvalue weighted by Gasteiger charge is 2.29. The van der Waals surface area contributed by atoms with Crippen molar-refractivity contribution in [2.45, 2.75) is 38.5 Å². The van der Waals surface area contributed by atoms with Crippen LogP contribution < -0.4 is 16.4 Å². The summed E-state index contributed by atoms with van der Waals surface area (Å²) in [6, 6.07) is 8.18. The van der Waals surface area contributed by atoms with Gasteiger partial charge in [0.25, 0.3) is 0 Å². The molecule has 0 aliphatic carbocycles. The lowest BCUT2D eigenvalue weighted by Crippen LogP contribution is -2.46. The van der Waals surface area contributed by atoms with Gasteiger partial charge in [0, 0.05) is 20.1 Å². The minimum atomic E-state index is -4.41. The van der Waals surface area contributed by atoms with E-state index in [1.807, 2.05) is 12.1 Å². The predicted molar refractivity (Wildman–Crippen MR) is 119 cm³/mol. The number of alkyl halides is 3. The van der Waals surface area contributed by atoms with Crippen molar-refractivity contribution in [3.8, 4) is 0 Å². The van der Waals surface area contributed by atoms with E-state index in [2.05, 4.69) is 27.7 Å². The zero-order valence-corrected chi connectivity index (χ0v) is 18.9. The third-order valence-corrected chi connectivity index (χ3v) is 5.61. The Labute approximate surface area is 192 Å². The first-order chi connectivity index (χ1) is 15.7. The van der Waals surface area contributed by atoms with Crippen molar-refractivity contribution in [3.63, 3.8) is 0 Å². The maximum absolute atomic E-state index is 12.4. The number of hydrogen-bond donors (Lipinski definition) is 3. The Balaban J connectivity index is 1.77. The van der Waals surface area contributed by atoms with Gasteiger partial charge in [-0.25, -0.2) is 0 Å². The van der Waals surface area contributed by atoms with E-state index >= 15 is 0 Å². The van der Waals surface area contributed by atoms with E-state index in [1.54, 1.807) is 11.9 Å². The number of rotatable bonds is 8. The van der Waals surface area contributed by atoms with Gasteiger partial charge < -0.3 is 26.0 Å². The number of carbonyl (C=O) groups excluding carboxylic acids is 1. The molecule has 2 fully saturated rings. The Morgan fingerprint density at radius 3 is 2.58 bits per heavy atom. The summed E-state index contributed by atoms with van der Waals surface area (Å²) >= 11 is 0. The van der Waals surface area contributed by atoms with E-state index in [-0.39, 0.29) is 24.9 Å². The SMILES string of the molecule is CN/C(N)=C1/NC(=O)CN(Cc2cccc(CN3CCCCC3)c2)/C1=C/COCC(F)(F)F. The number of amides is 1. The second kappa shape index (κ2) is 11.4. The topological polar surface area (TPSA) is 82.9 Å². The summed E-state index contributed by atoms with van der Waals surface area (Å²) in [6.45, 7) is 1.92. The highest BCUT2D eigenvalue weighted by Crippen LogP contribution is 2.23. The second-order valence-corrected chi connectivity index (χ2v) is 8.32. The smallest absolute Gasteiger partial charge is 0.384 e. The van der Waals surface area contributed by atoms with Gasteiger partial charge in [0.15, 0.2) is 0 Å². The molecular formula is C23H32F3N5O2. The van der Waals surface area contributed by atoms with Crippen molar-refractivity contribution in [1.82, 2.24) is 20.4 Å². The minimum absolute atomic E-state index is 0.0575. The van der Waals surface area contributed by atoms with Gasteiger partial charge in [-0.2, -0.15) is 13.2 Å². The van der Waals surface area contributed by atoms with E-state index < -0.39 is 12.8 Å². The van der Waals surface area contributed by atoms with Crippen molar-refractivity contribution in [1.29, 1.82) is 0 Å². The van der Waals surface area contributed by atoms with E-state index in [0.29, 0.717) is 17.9 Å². The van der Waals surface area contributed by atoms with Crippen LogP contribution in [0.4, 0.5) is 13.2 Å². The molecule has 1 aromatic carbocycles. The van der Waals surface area contributed by atoms with Crippen LogP contribution in [-0.2, 0) is 22.6 Å². The number of piperidine rings is 1. The zero-order chi connectivity index (χ0) is 23.8. The van der Waals surface area contributed by atoms with Crippen molar-refractivity contribution in [2.24, 2.45) is 5.73 Å². The molecule has 0 atom stereocenters. The molecule has 3 rings (SSSR count). The molecule has 0 saturated carbocycles. The lowest BCUT2D eigenvalue weighted by atomic mass is 10.1. The molecule has 0 radical (unpaired) electrons. The summed E-state index contributed by atoms with van der Waals surface area (Å²) in [7, 11) is 1.61. The summed E-state index contributed by atoms with van der Waals surface area (Å²) < 4.78 is 42.1. The van der Waals surface area contributed by atoms with E-state index in [4.69, 9.17) is 10.5 Å².